The van der Waals surface area contributed by atoms with Gasteiger partial charge in [-0.15, -0.1) is 0 Å². The molecule has 0 spiro atoms. The average molecular weight is 735 g/mol. The molecule has 7 nitrogen and oxygen atoms in total. The average Bonchev–Trinajstić information content (AvgIpc) is 3.93. The maximum Gasteiger partial charge on any atom is 0.298 e. The molecule has 6 fully saturated rings. The monoisotopic (exact) mass is 734 g/mol. The Hall–Kier alpha value is -3.54. The fourth-order valence-electron chi connectivity index (χ4n) is 11.0. The minimum atomic E-state index is -3.49. The quantitative estimate of drug-likeness (QED) is 0.172. The van der Waals surface area contributed by atoms with Crippen molar-refractivity contribution in [2.45, 2.75) is 134 Å². The van der Waals surface area contributed by atoms with Gasteiger partial charge in [0, 0.05) is 27.7 Å². The highest BCUT2D eigenvalue weighted by molar-refractivity contribution is 5.70. The summed E-state index contributed by atoms with van der Waals surface area (Å²) in [5, 5.41) is 32.6. The van der Waals surface area contributed by atoms with Crippen LogP contribution < -0.4 is 0 Å². The largest absolute Gasteiger partial charge is 0.392 e. The molecule has 0 amide bonds. The topological polar surface area (TPSA) is 96.3 Å². The molecular weight excluding hydrogens is 684 g/mol. The van der Waals surface area contributed by atoms with Crippen molar-refractivity contribution >= 4 is 0 Å². The lowest BCUT2D eigenvalue weighted by molar-refractivity contribution is -0.206. The fourth-order valence-corrected chi connectivity index (χ4v) is 11.0. The molecule has 4 unspecified atom stereocenters. The second-order valence-corrected chi connectivity index (χ2v) is 17.3. The molecule has 11 heteroatoms. The summed E-state index contributed by atoms with van der Waals surface area (Å²) < 4.78 is 64.1. The molecule has 4 aromatic rings. The summed E-state index contributed by atoms with van der Waals surface area (Å²) in [5.41, 5.74) is 2.16. The predicted molar refractivity (Wildman–Crippen MR) is 193 cm³/mol. The van der Waals surface area contributed by atoms with Crippen LogP contribution in [0.2, 0.25) is 0 Å². The molecule has 3 N–H and O–H groups in total. The van der Waals surface area contributed by atoms with Crippen LogP contribution in [0.3, 0.4) is 0 Å². The zero-order valence-electron chi connectivity index (χ0n) is 29.4. The van der Waals surface area contributed by atoms with Gasteiger partial charge in [0.1, 0.15) is 23.8 Å². The van der Waals surface area contributed by atoms with Gasteiger partial charge >= 0.3 is 0 Å². The summed E-state index contributed by atoms with van der Waals surface area (Å²) in [6.07, 6.45) is 13.8. The molecule has 2 aromatic carbocycles. The van der Waals surface area contributed by atoms with Crippen LogP contribution in [-0.2, 0) is 0 Å². The molecule has 2 aliphatic heterocycles. The number of aliphatic hydroxyl groups excluding tert-OH is 2. The number of aliphatic hydroxyl groups is 3. The third-order valence-corrected chi connectivity index (χ3v) is 14.6. The minimum Gasteiger partial charge on any atom is -0.392 e. The lowest BCUT2D eigenvalue weighted by Gasteiger charge is -2.55. The first-order valence-electron chi connectivity index (χ1n) is 18.9. The van der Waals surface area contributed by atoms with Crippen LogP contribution in [0.25, 0.3) is 22.5 Å². The van der Waals surface area contributed by atoms with Crippen molar-refractivity contribution in [2.24, 2.45) is 16.2 Å². The predicted octanol–water partition coefficient (Wildman–Crippen LogP) is 9.01. The fraction of sp³-hybridized carbons (Fsp3) is 0.571. The Balaban J connectivity index is 0.000000149. The molecule has 0 radical (unpaired) electrons. The number of fused-ring (bicyclic) bond motifs is 12. The van der Waals surface area contributed by atoms with Crippen molar-refractivity contribution in [1.82, 2.24) is 19.1 Å². The molecule has 0 saturated heterocycles. The molecule has 53 heavy (non-hydrogen) atoms. The molecule has 4 bridgehead atoms. The normalized spacial score (nSPS) is 32.8. The smallest absolute Gasteiger partial charge is 0.298 e. The van der Waals surface area contributed by atoms with Crippen molar-refractivity contribution in [3.05, 3.63) is 84.2 Å². The van der Waals surface area contributed by atoms with Crippen LogP contribution in [0.15, 0.2) is 61.4 Å². The Kier molecular flexibility index (Phi) is 8.59. The molecule has 6 saturated carbocycles. The van der Waals surface area contributed by atoms with E-state index < -0.39 is 41.0 Å². The third kappa shape index (κ3) is 5.46. The molecule has 4 atom stereocenters. The van der Waals surface area contributed by atoms with Gasteiger partial charge in [0.05, 0.1) is 54.2 Å². The number of aromatic nitrogens is 4. The summed E-state index contributed by atoms with van der Waals surface area (Å²) in [6, 6.07) is 7.75. The van der Waals surface area contributed by atoms with E-state index in [-0.39, 0.29) is 35.7 Å². The molecule has 8 aliphatic rings. The number of halogens is 4. The van der Waals surface area contributed by atoms with Gasteiger partial charge < -0.3 is 24.5 Å². The maximum atomic E-state index is 15.8. The summed E-state index contributed by atoms with van der Waals surface area (Å²) in [4.78, 5) is 8.21. The lowest BCUT2D eigenvalue weighted by Crippen LogP contribution is -2.56. The van der Waals surface area contributed by atoms with Crippen LogP contribution in [0.5, 0.6) is 0 Å². The number of rotatable bonds is 6. The van der Waals surface area contributed by atoms with E-state index in [4.69, 9.17) is 0 Å². The number of alkyl halides is 2. The first kappa shape index (κ1) is 36.4. The van der Waals surface area contributed by atoms with E-state index in [0.717, 1.165) is 69.0 Å². The van der Waals surface area contributed by atoms with Crippen LogP contribution in [0.4, 0.5) is 17.6 Å². The molecule has 2 aromatic heterocycles. The first-order chi connectivity index (χ1) is 24.8. The highest BCUT2D eigenvalue weighted by Gasteiger charge is 2.62. The van der Waals surface area contributed by atoms with Gasteiger partial charge in [0.15, 0.2) is 0 Å². The van der Waals surface area contributed by atoms with Crippen LogP contribution in [-0.4, -0.2) is 58.2 Å². The van der Waals surface area contributed by atoms with Gasteiger partial charge in [0.2, 0.25) is 0 Å². The highest BCUT2D eigenvalue weighted by Crippen LogP contribution is 2.62. The number of imidazole rings is 2. The lowest BCUT2D eigenvalue weighted by atomic mass is 9.52. The maximum absolute atomic E-state index is 15.8. The second kappa shape index (κ2) is 12.5. The van der Waals surface area contributed by atoms with E-state index in [2.05, 4.69) is 16.9 Å². The first-order valence-corrected chi connectivity index (χ1v) is 18.9. The van der Waals surface area contributed by atoms with Crippen LogP contribution >= 0.6 is 0 Å². The molecule has 6 aliphatic carbocycles. The van der Waals surface area contributed by atoms with Crippen molar-refractivity contribution < 1.29 is 32.9 Å². The van der Waals surface area contributed by atoms with Gasteiger partial charge in [-0.1, -0.05) is 38.6 Å². The SMILES string of the molecule is C.CC12CCC(C(O)C(F)(F)C3c4c(F)cccc4-c4cncn43)(CC1)CC2.OC(CC1c2c(F)cccc2-c2cncn21)C12CCC(O)(CC1)CC2. The Morgan fingerprint density at radius 2 is 1.23 bits per heavy atom. The van der Waals surface area contributed by atoms with Crippen LogP contribution in [0.1, 0.15) is 121 Å². The number of benzene rings is 2. The molecule has 284 valence electrons. The van der Waals surface area contributed by atoms with Gasteiger partial charge in [-0.05, 0) is 106 Å². The standard InChI is InChI=1S/C21H23F3N2O.C20H23FN2O2.CH4/c1-19-5-8-20(9-6-19,10-7-19)18(27)21(23,24)17-16-13(3-2-4-14(16)22)15-11-25-12-26(15)17;21-14-3-1-2-13-16-11-22-12-23(16)15(18(13)14)10-17(24)19-4-7-20(25,8-5-19)9-6-19;/h2-4,11-12,17-18,27H,5-10H2,1H3;1-3,11-12,15,17,24-25H,4-10H2;1H4. The van der Waals surface area contributed by atoms with Gasteiger partial charge in [-0.25, -0.2) is 27.5 Å². The van der Waals surface area contributed by atoms with Crippen molar-refractivity contribution in [2.75, 3.05) is 0 Å². The van der Waals surface area contributed by atoms with E-state index in [1.807, 2.05) is 10.6 Å². The van der Waals surface area contributed by atoms with E-state index in [1.54, 1.807) is 24.7 Å². The molecule has 12 rings (SSSR count). The number of nitrogens with zero attached hydrogens (tertiary/aromatic N) is 4. The Morgan fingerprint density at radius 1 is 0.736 bits per heavy atom. The van der Waals surface area contributed by atoms with Crippen molar-refractivity contribution in [1.29, 1.82) is 0 Å². The summed E-state index contributed by atoms with van der Waals surface area (Å²) in [5.74, 6) is -4.36. The Labute approximate surface area is 308 Å². The summed E-state index contributed by atoms with van der Waals surface area (Å²) >= 11 is 0. The third-order valence-electron chi connectivity index (χ3n) is 14.6. The number of hydrogen-bond acceptors (Lipinski definition) is 5. The van der Waals surface area contributed by atoms with E-state index in [9.17, 15) is 24.1 Å². The van der Waals surface area contributed by atoms with Crippen LogP contribution in [0, 0.1) is 27.9 Å². The number of hydrogen-bond donors (Lipinski definition) is 3. The van der Waals surface area contributed by atoms with E-state index in [1.165, 1.54) is 35.3 Å². The summed E-state index contributed by atoms with van der Waals surface area (Å²) in [6.45, 7) is 2.21. The summed E-state index contributed by atoms with van der Waals surface area (Å²) in [7, 11) is 0. The molecule has 4 heterocycles. The zero-order valence-corrected chi connectivity index (χ0v) is 29.4. The van der Waals surface area contributed by atoms with E-state index in [0.29, 0.717) is 42.5 Å². The van der Waals surface area contributed by atoms with Gasteiger partial charge in [-0.3, -0.25) is 0 Å². The van der Waals surface area contributed by atoms with Gasteiger partial charge in [0.25, 0.3) is 5.92 Å². The Morgan fingerprint density at radius 3 is 1.81 bits per heavy atom. The van der Waals surface area contributed by atoms with Crippen molar-refractivity contribution in [3.8, 4) is 22.5 Å². The minimum absolute atomic E-state index is 0. The van der Waals surface area contributed by atoms with Gasteiger partial charge in [-0.2, -0.15) is 0 Å². The highest BCUT2D eigenvalue weighted by atomic mass is 19.3. The molecular formula is C42H50F4N4O3. The van der Waals surface area contributed by atoms with E-state index >= 15 is 8.78 Å². The second-order valence-electron chi connectivity index (χ2n) is 17.3. The van der Waals surface area contributed by atoms with Crippen molar-refractivity contribution in [3.63, 3.8) is 0 Å². The zero-order chi connectivity index (χ0) is 36.3. The Bertz CT molecular complexity index is 1970.